The fourth-order valence-corrected chi connectivity index (χ4v) is 3.81. The summed E-state index contributed by atoms with van der Waals surface area (Å²) in [5.41, 5.74) is 2.10. The lowest BCUT2D eigenvalue weighted by Gasteiger charge is -2.35. The summed E-state index contributed by atoms with van der Waals surface area (Å²) in [4.78, 5) is 4.53. The van der Waals surface area contributed by atoms with Crippen LogP contribution in [0.4, 0.5) is 5.69 Å². The van der Waals surface area contributed by atoms with Crippen LogP contribution in [0.2, 0.25) is 5.02 Å². The summed E-state index contributed by atoms with van der Waals surface area (Å²) in [7, 11) is 0. The monoisotopic (exact) mass is 302 g/mol. The molecule has 1 saturated carbocycles. The minimum Gasteiger partial charge on any atom is -0.380 e. The molecule has 1 aliphatic rings. The van der Waals surface area contributed by atoms with Gasteiger partial charge in [0, 0.05) is 17.6 Å². The van der Waals surface area contributed by atoms with Gasteiger partial charge in [-0.2, -0.15) is 0 Å². The highest BCUT2D eigenvalue weighted by atomic mass is 35.5. The van der Waals surface area contributed by atoms with Crippen LogP contribution in [0.25, 0.3) is 10.9 Å². The number of nitrogens with one attached hydrogen (secondary N) is 1. The van der Waals surface area contributed by atoms with Crippen molar-refractivity contribution in [2.24, 2.45) is 11.8 Å². The summed E-state index contributed by atoms with van der Waals surface area (Å²) in [6.45, 7) is 4.67. The van der Waals surface area contributed by atoms with E-state index in [1.54, 1.807) is 0 Å². The lowest BCUT2D eigenvalue weighted by atomic mass is 9.77. The first-order chi connectivity index (χ1) is 10.2. The van der Waals surface area contributed by atoms with Crippen LogP contribution < -0.4 is 5.32 Å². The van der Waals surface area contributed by atoms with Gasteiger partial charge in [-0.3, -0.25) is 4.98 Å². The molecule has 1 heterocycles. The predicted octanol–water partition coefficient (Wildman–Crippen LogP) is 5.51. The molecule has 1 aromatic carbocycles. The summed E-state index contributed by atoms with van der Waals surface area (Å²) in [5.74, 6) is 1.46. The van der Waals surface area contributed by atoms with Crippen LogP contribution in [0, 0.1) is 11.8 Å². The average molecular weight is 303 g/mol. The van der Waals surface area contributed by atoms with E-state index < -0.39 is 0 Å². The van der Waals surface area contributed by atoms with E-state index in [9.17, 15) is 0 Å². The van der Waals surface area contributed by atoms with Crippen LogP contribution in [0.1, 0.15) is 39.5 Å². The Morgan fingerprint density at radius 1 is 1.19 bits per heavy atom. The third-order valence-electron chi connectivity index (χ3n) is 4.73. The van der Waals surface area contributed by atoms with Gasteiger partial charge in [0.1, 0.15) is 0 Å². The van der Waals surface area contributed by atoms with E-state index in [1.165, 1.54) is 25.7 Å². The number of rotatable bonds is 3. The standard InChI is InChI=1S/C18H23ClN2/c1-12(2)13-6-3-4-8-16(13)21-17-10-9-15(19)14-7-5-11-20-18(14)17/h5,7,9-13,16,21H,3-4,6,8H2,1-2H3. The highest BCUT2D eigenvalue weighted by molar-refractivity contribution is 6.35. The molecule has 0 aliphatic heterocycles. The van der Waals surface area contributed by atoms with E-state index in [4.69, 9.17) is 11.6 Å². The molecule has 2 atom stereocenters. The number of aromatic nitrogens is 1. The van der Waals surface area contributed by atoms with Crippen molar-refractivity contribution >= 4 is 28.2 Å². The minimum atomic E-state index is 0.546. The van der Waals surface area contributed by atoms with Gasteiger partial charge in [0.05, 0.1) is 16.2 Å². The van der Waals surface area contributed by atoms with E-state index in [0.717, 1.165) is 27.5 Å². The molecule has 2 aromatic rings. The van der Waals surface area contributed by atoms with Gasteiger partial charge in [-0.15, -0.1) is 0 Å². The first-order valence-electron chi connectivity index (χ1n) is 7.96. The largest absolute Gasteiger partial charge is 0.380 e. The van der Waals surface area contributed by atoms with E-state index in [-0.39, 0.29) is 0 Å². The van der Waals surface area contributed by atoms with E-state index in [0.29, 0.717) is 12.0 Å². The molecule has 3 heteroatoms. The van der Waals surface area contributed by atoms with Gasteiger partial charge in [0.15, 0.2) is 0 Å². The van der Waals surface area contributed by atoms with Gasteiger partial charge in [0.2, 0.25) is 0 Å². The molecule has 3 rings (SSSR count). The van der Waals surface area contributed by atoms with Crippen molar-refractivity contribution in [2.75, 3.05) is 5.32 Å². The number of pyridine rings is 1. The number of benzene rings is 1. The summed E-state index contributed by atoms with van der Waals surface area (Å²) in [6.07, 6.45) is 7.10. The summed E-state index contributed by atoms with van der Waals surface area (Å²) < 4.78 is 0. The molecule has 2 nitrogen and oxygen atoms in total. The molecular formula is C18H23ClN2. The molecule has 1 aromatic heterocycles. The fourth-order valence-electron chi connectivity index (χ4n) is 3.59. The number of hydrogen-bond acceptors (Lipinski definition) is 2. The zero-order valence-corrected chi connectivity index (χ0v) is 13.5. The third kappa shape index (κ3) is 3.01. The first kappa shape index (κ1) is 14.6. The molecule has 1 aliphatic carbocycles. The molecule has 0 bridgehead atoms. The van der Waals surface area contributed by atoms with Crippen molar-refractivity contribution < 1.29 is 0 Å². The molecule has 21 heavy (non-hydrogen) atoms. The lowest BCUT2D eigenvalue weighted by Crippen LogP contribution is -2.35. The number of anilines is 1. The van der Waals surface area contributed by atoms with Gasteiger partial charge in [-0.25, -0.2) is 0 Å². The summed E-state index contributed by atoms with van der Waals surface area (Å²) in [5, 5.41) is 5.56. The predicted molar refractivity (Wildman–Crippen MR) is 91.0 cm³/mol. The molecule has 112 valence electrons. The molecule has 0 spiro atoms. The quantitative estimate of drug-likeness (QED) is 0.808. The highest BCUT2D eigenvalue weighted by Gasteiger charge is 2.27. The number of hydrogen-bond donors (Lipinski definition) is 1. The fraction of sp³-hybridized carbons (Fsp3) is 0.500. The Balaban J connectivity index is 1.92. The SMILES string of the molecule is CC(C)C1CCCCC1Nc1ccc(Cl)c2cccnc12. The third-order valence-corrected chi connectivity index (χ3v) is 5.06. The molecule has 1 fully saturated rings. The zero-order chi connectivity index (χ0) is 14.8. The Labute approximate surface area is 131 Å². The van der Waals surface area contributed by atoms with Crippen molar-refractivity contribution in [3.63, 3.8) is 0 Å². The number of fused-ring (bicyclic) bond motifs is 1. The van der Waals surface area contributed by atoms with Crippen LogP contribution >= 0.6 is 11.6 Å². The number of halogens is 1. The molecular weight excluding hydrogens is 280 g/mol. The molecule has 1 N–H and O–H groups in total. The van der Waals surface area contributed by atoms with Gasteiger partial charge in [-0.1, -0.05) is 38.3 Å². The maximum absolute atomic E-state index is 6.28. The van der Waals surface area contributed by atoms with E-state index in [2.05, 4.69) is 30.2 Å². The second-order valence-electron chi connectivity index (χ2n) is 6.44. The first-order valence-corrected chi connectivity index (χ1v) is 8.34. The summed E-state index contributed by atoms with van der Waals surface area (Å²) in [6, 6.07) is 8.57. The van der Waals surface area contributed by atoms with Crippen molar-refractivity contribution in [1.29, 1.82) is 0 Å². The van der Waals surface area contributed by atoms with Crippen LogP contribution in [-0.2, 0) is 0 Å². The van der Waals surface area contributed by atoms with Crippen LogP contribution in [0.15, 0.2) is 30.5 Å². The van der Waals surface area contributed by atoms with Crippen molar-refractivity contribution in [3.8, 4) is 0 Å². The molecule has 0 saturated heterocycles. The second-order valence-corrected chi connectivity index (χ2v) is 6.84. The van der Waals surface area contributed by atoms with Crippen LogP contribution in [0.5, 0.6) is 0 Å². The highest BCUT2D eigenvalue weighted by Crippen LogP contribution is 2.34. The van der Waals surface area contributed by atoms with Crippen LogP contribution in [-0.4, -0.2) is 11.0 Å². The Morgan fingerprint density at radius 3 is 2.81 bits per heavy atom. The van der Waals surface area contributed by atoms with E-state index in [1.807, 2.05) is 24.4 Å². The van der Waals surface area contributed by atoms with Crippen molar-refractivity contribution in [1.82, 2.24) is 4.98 Å². The zero-order valence-electron chi connectivity index (χ0n) is 12.8. The lowest BCUT2D eigenvalue weighted by molar-refractivity contribution is 0.254. The number of nitrogens with zero attached hydrogens (tertiary/aromatic N) is 1. The Morgan fingerprint density at radius 2 is 2.00 bits per heavy atom. The maximum atomic E-state index is 6.28. The van der Waals surface area contributed by atoms with Gasteiger partial charge in [-0.05, 0) is 48.9 Å². The van der Waals surface area contributed by atoms with Crippen LogP contribution in [0.3, 0.4) is 0 Å². The van der Waals surface area contributed by atoms with Crippen molar-refractivity contribution in [2.45, 2.75) is 45.6 Å². The average Bonchev–Trinajstić information content (AvgIpc) is 2.51. The summed E-state index contributed by atoms with van der Waals surface area (Å²) >= 11 is 6.28. The van der Waals surface area contributed by atoms with Gasteiger partial charge in [0.25, 0.3) is 0 Å². The van der Waals surface area contributed by atoms with Gasteiger partial charge < -0.3 is 5.32 Å². The Bertz CT molecular complexity index is 624. The topological polar surface area (TPSA) is 24.9 Å². The normalized spacial score (nSPS) is 22.7. The molecule has 0 amide bonds. The maximum Gasteiger partial charge on any atom is 0.0948 e. The van der Waals surface area contributed by atoms with E-state index >= 15 is 0 Å². The molecule has 0 radical (unpaired) electrons. The van der Waals surface area contributed by atoms with Crippen molar-refractivity contribution in [3.05, 3.63) is 35.5 Å². The minimum absolute atomic E-state index is 0.546. The van der Waals surface area contributed by atoms with Gasteiger partial charge >= 0.3 is 0 Å². The smallest absolute Gasteiger partial charge is 0.0948 e. The molecule has 2 unspecified atom stereocenters. The Kier molecular flexibility index (Phi) is 4.34. The second kappa shape index (κ2) is 6.23. The Hall–Kier alpha value is -1.28.